The second kappa shape index (κ2) is 5.40. The Morgan fingerprint density at radius 2 is 2.29 bits per heavy atom. The summed E-state index contributed by atoms with van der Waals surface area (Å²) in [7, 11) is 0. The fourth-order valence-corrected chi connectivity index (χ4v) is 1.91. The first kappa shape index (κ1) is 12.2. The molecular weight excluding hydrogens is 226 g/mol. The van der Waals surface area contributed by atoms with Gasteiger partial charge in [0.15, 0.2) is 0 Å². The molecule has 2 unspecified atom stereocenters. The van der Waals surface area contributed by atoms with Crippen LogP contribution >= 0.6 is 0 Å². The fourth-order valence-electron chi connectivity index (χ4n) is 1.91. The van der Waals surface area contributed by atoms with Crippen LogP contribution in [-0.2, 0) is 0 Å². The van der Waals surface area contributed by atoms with Crippen molar-refractivity contribution in [3.63, 3.8) is 0 Å². The van der Waals surface area contributed by atoms with E-state index in [1.54, 1.807) is 0 Å². The zero-order valence-electron chi connectivity index (χ0n) is 9.70. The second-order valence-corrected chi connectivity index (χ2v) is 4.36. The van der Waals surface area contributed by atoms with Gasteiger partial charge in [-0.05, 0) is 19.0 Å². The topological polar surface area (TPSA) is 34.1 Å². The Bertz CT molecular complexity index is 356. The van der Waals surface area contributed by atoms with Crippen molar-refractivity contribution in [1.29, 1.82) is 0 Å². The third kappa shape index (κ3) is 3.12. The molecule has 3 nitrogen and oxygen atoms in total. The number of aromatic nitrogens is 1. The van der Waals surface area contributed by atoms with Crippen LogP contribution < -0.4 is 10.1 Å². The van der Waals surface area contributed by atoms with E-state index in [9.17, 15) is 8.78 Å². The third-order valence-corrected chi connectivity index (χ3v) is 2.99. The molecule has 0 aliphatic carbocycles. The maximum Gasteiger partial charge on any atom is 0.265 e. The number of hydrogen-bond donors (Lipinski definition) is 1. The molecule has 1 saturated heterocycles. The number of piperidine rings is 1. The summed E-state index contributed by atoms with van der Waals surface area (Å²) in [5, 5.41) is 3.27. The lowest BCUT2D eigenvalue weighted by Crippen LogP contribution is -2.41. The highest BCUT2D eigenvalue weighted by molar-refractivity contribution is 5.18. The van der Waals surface area contributed by atoms with E-state index in [2.05, 4.69) is 17.2 Å². The number of hydrogen-bond acceptors (Lipinski definition) is 3. The Balaban J connectivity index is 1.98. The van der Waals surface area contributed by atoms with Gasteiger partial charge >= 0.3 is 0 Å². The van der Waals surface area contributed by atoms with Crippen LogP contribution in [0.5, 0.6) is 5.88 Å². The van der Waals surface area contributed by atoms with Crippen LogP contribution in [0.3, 0.4) is 0 Å². The number of pyridine rings is 1. The Morgan fingerprint density at radius 1 is 1.47 bits per heavy atom. The second-order valence-electron chi connectivity index (χ2n) is 4.36. The molecule has 1 aliphatic heterocycles. The molecule has 0 spiro atoms. The van der Waals surface area contributed by atoms with Crippen LogP contribution in [0.25, 0.3) is 0 Å². The maximum atomic E-state index is 12.3. The largest absolute Gasteiger partial charge is 0.474 e. The van der Waals surface area contributed by atoms with Crippen LogP contribution in [0.2, 0.25) is 0 Å². The number of halogens is 2. The average Bonchev–Trinajstić information content (AvgIpc) is 2.33. The average molecular weight is 242 g/mol. The first-order chi connectivity index (χ1) is 8.16. The molecule has 1 aromatic heterocycles. The van der Waals surface area contributed by atoms with Gasteiger partial charge in [0.05, 0.1) is 0 Å². The van der Waals surface area contributed by atoms with E-state index < -0.39 is 6.43 Å². The number of alkyl halides is 2. The van der Waals surface area contributed by atoms with Gasteiger partial charge in [-0.15, -0.1) is 0 Å². The van der Waals surface area contributed by atoms with Crippen molar-refractivity contribution in [2.45, 2.75) is 25.9 Å². The number of nitrogens with one attached hydrogen (secondary N) is 1. The summed E-state index contributed by atoms with van der Waals surface area (Å²) in [6.07, 6.45) is -0.277. The number of nitrogens with zero attached hydrogens (tertiary/aromatic N) is 1. The van der Waals surface area contributed by atoms with Crippen molar-refractivity contribution in [2.75, 3.05) is 13.1 Å². The van der Waals surface area contributed by atoms with E-state index in [0.717, 1.165) is 19.5 Å². The Labute approximate surface area is 99.2 Å². The zero-order chi connectivity index (χ0) is 12.3. The molecule has 0 saturated carbocycles. The first-order valence-electron chi connectivity index (χ1n) is 5.78. The van der Waals surface area contributed by atoms with E-state index in [1.165, 1.54) is 18.3 Å². The lowest BCUT2D eigenvalue weighted by molar-refractivity contribution is 0.106. The molecule has 0 radical (unpaired) electrons. The summed E-state index contributed by atoms with van der Waals surface area (Å²) in [5.41, 5.74) is -0.0734. The van der Waals surface area contributed by atoms with Gasteiger partial charge in [0.25, 0.3) is 6.43 Å². The summed E-state index contributed by atoms with van der Waals surface area (Å²) in [4.78, 5) is 3.91. The number of rotatable bonds is 3. The Kier molecular flexibility index (Phi) is 3.89. The maximum absolute atomic E-state index is 12.3. The number of ether oxygens (including phenoxy) is 1. The molecule has 0 aromatic carbocycles. The van der Waals surface area contributed by atoms with Crippen molar-refractivity contribution in [1.82, 2.24) is 10.3 Å². The van der Waals surface area contributed by atoms with Crippen molar-refractivity contribution in [3.8, 4) is 5.88 Å². The van der Waals surface area contributed by atoms with Gasteiger partial charge in [-0.25, -0.2) is 13.8 Å². The van der Waals surface area contributed by atoms with Crippen molar-refractivity contribution in [3.05, 3.63) is 23.9 Å². The van der Waals surface area contributed by atoms with Crippen LogP contribution in [0.15, 0.2) is 18.3 Å². The van der Waals surface area contributed by atoms with Gasteiger partial charge < -0.3 is 10.1 Å². The van der Waals surface area contributed by atoms with E-state index in [1.807, 2.05) is 0 Å². The molecule has 2 atom stereocenters. The summed E-state index contributed by atoms with van der Waals surface area (Å²) in [6.45, 7) is 3.94. The van der Waals surface area contributed by atoms with Crippen LogP contribution in [-0.4, -0.2) is 24.2 Å². The third-order valence-electron chi connectivity index (χ3n) is 2.99. The van der Waals surface area contributed by atoms with Gasteiger partial charge in [0.1, 0.15) is 6.10 Å². The molecule has 0 bridgehead atoms. The van der Waals surface area contributed by atoms with E-state index >= 15 is 0 Å². The monoisotopic (exact) mass is 242 g/mol. The minimum absolute atomic E-state index is 0.0734. The van der Waals surface area contributed by atoms with Gasteiger partial charge in [0, 0.05) is 30.3 Å². The van der Waals surface area contributed by atoms with Gasteiger partial charge in [-0.1, -0.05) is 6.92 Å². The molecule has 5 heteroatoms. The van der Waals surface area contributed by atoms with Crippen LogP contribution in [0, 0.1) is 5.92 Å². The zero-order valence-corrected chi connectivity index (χ0v) is 9.70. The minimum atomic E-state index is -2.48. The summed E-state index contributed by atoms with van der Waals surface area (Å²) < 4.78 is 30.4. The Hall–Kier alpha value is -1.23. The molecule has 1 N–H and O–H groups in total. The fraction of sp³-hybridized carbons (Fsp3) is 0.583. The van der Waals surface area contributed by atoms with E-state index in [0.29, 0.717) is 11.8 Å². The highest BCUT2D eigenvalue weighted by Gasteiger charge is 2.23. The van der Waals surface area contributed by atoms with Crippen molar-refractivity contribution in [2.24, 2.45) is 5.92 Å². The highest BCUT2D eigenvalue weighted by Crippen LogP contribution is 2.22. The molecular formula is C12H16F2N2O. The molecule has 94 valence electrons. The van der Waals surface area contributed by atoms with E-state index in [-0.39, 0.29) is 11.7 Å². The first-order valence-corrected chi connectivity index (χ1v) is 5.78. The Morgan fingerprint density at radius 3 is 2.88 bits per heavy atom. The van der Waals surface area contributed by atoms with Gasteiger partial charge in [-0.2, -0.15) is 0 Å². The van der Waals surface area contributed by atoms with Crippen LogP contribution in [0.4, 0.5) is 8.78 Å². The SMILES string of the molecule is CC1CNCCC1Oc1ccc(C(F)F)cn1. The van der Waals surface area contributed by atoms with Gasteiger partial charge in [0.2, 0.25) is 5.88 Å². The quantitative estimate of drug-likeness (QED) is 0.883. The van der Waals surface area contributed by atoms with Gasteiger partial charge in [-0.3, -0.25) is 0 Å². The molecule has 1 aliphatic rings. The molecule has 2 heterocycles. The summed E-state index contributed by atoms with van der Waals surface area (Å²) in [5.74, 6) is 0.827. The van der Waals surface area contributed by atoms with E-state index in [4.69, 9.17) is 4.74 Å². The summed E-state index contributed by atoms with van der Waals surface area (Å²) >= 11 is 0. The predicted octanol–water partition coefficient (Wildman–Crippen LogP) is 2.40. The highest BCUT2D eigenvalue weighted by atomic mass is 19.3. The molecule has 2 rings (SSSR count). The van der Waals surface area contributed by atoms with Crippen LogP contribution in [0.1, 0.15) is 25.3 Å². The normalized spacial score (nSPS) is 24.9. The van der Waals surface area contributed by atoms with Crippen molar-refractivity contribution < 1.29 is 13.5 Å². The van der Waals surface area contributed by atoms with Crippen molar-refractivity contribution >= 4 is 0 Å². The minimum Gasteiger partial charge on any atom is -0.474 e. The molecule has 0 amide bonds. The molecule has 1 aromatic rings. The lowest BCUT2D eigenvalue weighted by atomic mass is 9.98. The predicted molar refractivity (Wildman–Crippen MR) is 60.3 cm³/mol. The lowest BCUT2D eigenvalue weighted by Gasteiger charge is -2.29. The summed E-state index contributed by atoms with van der Waals surface area (Å²) in [6, 6.07) is 2.87. The molecule has 1 fully saturated rings. The smallest absolute Gasteiger partial charge is 0.265 e. The molecule has 17 heavy (non-hydrogen) atoms. The standard InChI is InChI=1S/C12H16F2N2O/c1-8-6-15-5-4-10(8)17-11-3-2-9(7-16-11)12(13)14/h2-3,7-8,10,12,15H,4-6H2,1H3.